The smallest absolute Gasteiger partial charge is 0.0822 e. The molecular weight excluding hydrogens is 296 g/mol. The Labute approximate surface area is 144 Å². The average molecular weight is 322 g/mol. The molecule has 0 aliphatic carbocycles. The predicted molar refractivity (Wildman–Crippen MR) is 96.7 cm³/mol. The highest BCUT2D eigenvalue weighted by Gasteiger charge is 2.33. The molecule has 0 aromatic heterocycles. The van der Waals surface area contributed by atoms with Crippen LogP contribution in [0.5, 0.6) is 0 Å². The Morgan fingerprint density at radius 2 is 1.67 bits per heavy atom. The van der Waals surface area contributed by atoms with Crippen molar-refractivity contribution in [3.8, 4) is 0 Å². The Balaban J connectivity index is 1.37. The molecule has 4 rings (SSSR count). The van der Waals surface area contributed by atoms with E-state index in [1.165, 1.54) is 16.7 Å². The molecule has 1 fully saturated rings. The summed E-state index contributed by atoms with van der Waals surface area (Å²) in [6.45, 7) is 4.83. The summed E-state index contributed by atoms with van der Waals surface area (Å²) >= 11 is 0. The van der Waals surface area contributed by atoms with Crippen LogP contribution in [0.25, 0.3) is 0 Å². The zero-order chi connectivity index (χ0) is 16.4. The first-order chi connectivity index (χ1) is 11.8. The van der Waals surface area contributed by atoms with Crippen LogP contribution in [0, 0.1) is 0 Å². The summed E-state index contributed by atoms with van der Waals surface area (Å²) in [5, 5.41) is 10.7. The lowest BCUT2D eigenvalue weighted by Gasteiger charge is -2.43. The largest absolute Gasteiger partial charge is 0.390 e. The van der Waals surface area contributed by atoms with Gasteiger partial charge in [0.15, 0.2) is 0 Å². The number of aliphatic hydroxyl groups is 1. The molecule has 3 heteroatoms. The van der Waals surface area contributed by atoms with E-state index in [-0.39, 0.29) is 6.10 Å². The van der Waals surface area contributed by atoms with E-state index in [2.05, 4.69) is 64.4 Å². The third-order valence-electron chi connectivity index (χ3n) is 5.51. The Morgan fingerprint density at radius 3 is 2.46 bits per heavy atom. The van der Waals surface area contributed by atoms with Gasteiger partial charge in [0.05, 0.1) is 6.10 Å². The van der Waals surface area contributed by atoms with Gasteiger partial charge in [-0.25, -0.2) is 0 Å². The van der Waals surface area contributed by atoms with Gasteiger partial charge in [-0.1, -0.05) is 54.6 Å². The topological polar surface area (TPSA) is 26.7 Å². The summed E-state index contributed by atoms with van der Waals surface area (Å²) in [5.41, 5.74) is 4.24. The molecule has 0 bridgehead atoms. The van der Waals surface area contributed by atoms with Gasteiger partial charge in [-0.15, -0.1) is 0 Å². The van der Waals surface area contributed by atoms with Crippen LogP contribution in [0.15, 0.2) is 54.6 Å². The molecule has 0 spiro atoms. The molecule has 2 heterocycles. The molecular formula is C21H26N2O. The van der Waals surface area contributed by atoms with Crippen LogP contribution in [-0.4, -0.2) is 46.7 Å². The third kappa shape index (κ3) is 3.39. The number of aliphatic hydroxyl groups excluding tert-OH is 1. The molecule has 24 heavy (non-hydrogen) atoms. The lowest BCUT2D eigenvalue weighted by atomic mass is 9.94. The predicted octanol–water partition coefficient (Wildman–Crippen LogP) is 2.68. The van der Waals surface area contributed by atoms with Crippen LogP contribution in [0.1, 0.15) is 23.1 Å². The highest BCUT2D eigenvalue weighted by atomic mass is 16.3. The van der Waals surface area contributed by atoms with Crippen molar-refractivity contribution < 1.29 is 5.11 Å². The second-order valence-electron chi connectivity index (χ2n) is 7.13. The fraction of sp³-hybridized carbons (Fsp3) is 0.429. The van der Waals surface area contributed by atoms with Gasteiger partial charge in [0, 0.05) is 38.8 Å². The van der Waals surface area contributed by atoms with Crippen molar-refractivity contribution in [2.75, 3.05) is 19.6 Å². The lowest BCUT2D eigenvalue weighted by molar-refractivity contribution is -0.0204. The van der Waals surface area contributed by atoms with Crippen LogP contribution in [0.4, 0.5) is 0 Å². The average Bonchev–Trinajstić information content (AvgIpc) is 2.62. The quantitative estimate of drug-likeness (QED) is 0.941. The molecule has 0 amide bonds. The number of fused-ring (bicyclic) bond motifs is 1. The molecule has 126 valence electrons. The first kappa shape index (κ1) is 15.8. The van der Waals surface area contributed by atoms with E-state index in [0.717, 1.165) is 45.6 Å². The number of piperidine rings is 1. The Morgan fingerprint density at radius 1 is 0.917 bits per heavy atom. The van der Waals surface area contributed by atoms with E-state index in [1.807, 2.05) is 0 Å². The van der Waals surface area contributed by atoms with E-state index in [9.17, 15) is 5.11 Å². The van der Waals surface area contributed by atoms with Gasteiger partial charge in [-0.3, -0.25) is 9.80 Å². The fourth-order valence-corrected chi connectivity index (χ4v) is 4.20. The van der Waals surface area contributed by atoms with E-state index >= 15 is 0 Å². The van der Waals surface area contributed by atoms with E-state index in [0.29, 0.717) is 6.04 Å². The van der Waals surface area contributed by atoms with Gasteiger partial charge in [0.2, 0.25) is 0 Å². The summed E-state index contributed by atoms with van der Waals surface area (Å²) in [4.78, 5) is 4.88. The minimum atomic E-state index is -0.257. The van der Waals surface area contributed by atoms with Crippen molar-refractivity contribution in [1.29, 1.82) is 0 Å². The minimum absolute atomic E-state index is 0.257. The third-order valence-corrected chi connectivity index (χ3v) is 5.51. The van der Waals surface area contributed by atoms with Crippen molar-refractivity contribution in [3.63, 3.8) is 0 Å². The second-order valence-corrected chi connectivity index (χ2v) is 7.13. The normalized spacial score (nSPS) is 25.4. The van der Waals surface area contributed by atoms with Gasteiger partial charge in [-0.05, 0) is 29.5 Å². The van der Waals surface area contributed by atoms with Crippen molar-refractivity contribution in [2.45, 2.75) is 38.1 Å². The Kier molecular flexibility index (Phi) is 4.65. The molecule has 0 radical (unpaired) electrons. The van der Waals surface area contributed by atoms with Crippen LogP contribution in [-0.2, 0) is 19.5 Å². The minimum Gasteiger partial charge on any atom is -0.390 e. The van der Waals surface area contributed by atoms with E-state index < -0.39 is 0 Å². The number of nitrogens with zero attached hydrogens (tertiary/aromatic N) is 2. The summed E-state index contributed by atoms with van der Waals surface area (Å²) < 4.78 is 0. The number of hydrogen-bond donors (Lipinski definition) is 1. The highest BCUT2D eigenvalue weighted by Crippen LogP contribution is 2.25. The molecule has 1 saturated heterocycles. The Hall–Kier alpha value is -1.68. The summed E-state index contributed by atoms with van der Waals surface area (Å²) in [6.07, 6.45) is 1.90. The van der Waals surface area contributed by atoms with Gasteiger partial charge >= 0.3 is 0 Å². The number of hydrogen-bond acceptors (Lipinski definition) is 3. The van der Waals surface area contributed by atoms with Crippen molar-refractivity contribution in [1.82, 2.24) is 9.80 Å². The summed E-state index contributed by atoms with van der Waals surface area (Å²) in [7, 11) is 0. The number of benzene rings is 2. The number of β-amino-alcohol motifs (C(OH)–C–C–N with tert-alkyl or cyclic N) is 1. The number of rotatable bonds is 3. The maximum Gasteiger partial charge on any atom is 0.0822 e. The molecule has 2 atom stereocenters. The fourth-order valence-electron chi connectivity index (χ4n) is 4.20. The summed E-state index contributed by atoms with van der Waals surface area (Å²) in [5.74, 6) is 0. The van der Waals surface area contributed by atoms with Crippen molar-refractivity contribution in [2.24, 2.45) is 0 Å². The van der Waals surface area contributed by atoms with Crippen LogP contribution in [0.3, 0.4) is 0 Å². The Bertz CT molecular complexity index is 673. The van der Waals surface area contributed by atoms with Crippen LogP contribution >= 0.6 is 0 Å². The first-order valence-electron chi connectivity index (χ1n) is 9.05. The zero-order valence-corrected chi connectivity index (χ0v) is 14.1. The maximum absolute atomic E-state index is 10.7. The van der Waals surface area contributed by atoms with Gasteiger partial charge < -0.3 is 5.11 Å². The molecule has 0 saturated carbocycles. The maximum atomic E-state index is 10.7. The van der Waals surface area contributed by atoms with Gasteiger partial charge in [0.1, 0.15) is 0 Å². The highest BCUT2D eigenvalue weighted by molar-refractivity contribution is 5.29. The second kappa shape index (κ2) is 7.06. The molecule has 2 aliphatic heterocycles. The molecule has 3 nitrogen and oxygen atoms in total. The monoisotopic (exact) mass is 322 g/mol. The SMILES string of the molecule is O[C@@H]1CN(Cc2ccccc2)CC[C@H]1N1CCc2ccccc2C1. The lowest BCUT2D eigenvalue weighted by Crippen LogP contribution is -2.54. The molecule has 1 N–H and O–H groups in total. The molecule has 0 unspecified atom stereocenters. The van der Waals surface area contributed by atoms with Gasteiger partial charge in [-0.2, -0.15) is 0 Å². The molecule has 2 aromatic carbocycles. The van der Waals surface area contributed by atoms with Crippen molar-refractivity contribution in [3.05, 3.63) is 71.3 Å². The first-order valence-corrected chi connectivity index (χ1v) is 9.05. The van der Waals surface area contributed by atoms with E-state index in [4.69, 9.17) is 0 Å². The molecule has 2 aromatic rings. The van der Waals surface area contributed by atoms with Crippen molar-refractivity contribution >= 4 is 0 Å². The summed E-state index contributed by atoms with van der Waals surface area (Å²) in [6, 6.07) is 19.6. The zero-order valence-electron chi connectivity index (χ0n) is 14.1. The standard InChI is InChI=1S/C21H26N2O/c24-21-16-22(14-17-6-2-1-3-7-17)12-11-20(21)23-13-10-18-8-4-5-9-19(18)15-23/h1-9,20-21,24H,10-16H2/t20-,21-/m1/s1. The van der Waals surface area contributed by atoms with Crippen LogP contribution in [0.2, 0.25) is 0 Å². The van der Waals surface area contributed by atoms with E-state index in [1.54, 1.807) is 0 Å². The number of likely N-dealkylation sites (tertiary alicyclic amines) is 1. The molecule has 2 aliphatic rings. The van der Waals surface area contributed by atoms with Gasteiger partial charge in [0.25, 0.3) is 0 Å². The van der Waals surface area contributed by atoms with Crippen LogP contribution < -0.4 is 0 Å².